The van der Waals surface area contributed by atoms with Gasteiger partial charge in [0, 0.05) is 96.4 Å². The van der Waals surface area contributed by atoms with Crippen molar-refractivity contribution >= 4 is 82.1 Å². The van der Waals surface area contributed by atoms with E-state index in [0.29, 0.717) is 0 Å². The lowest BCUT2D eigenvalue weighted by molar-refractivity contribution is -0.136. The van der Waals surface area contributed by atoms with Crippen LogP contribution in [0.15, 0.2) is 503 Å². The maximum absolute atomic E-state index is 10.5. The highest BCUT2D eigenvalue weighted by Crippen LogP contribution is 2.31. The smallest absolute Gasteiger partial charge is 0.307 e. The van der Waals surface area contributed by atoms with E-state index >= 15 is 0 Å². The van der Waals surface area contributed by atoms with Crippen LogP contribution in [-0.2, 0) is 31.1 Å². The largest absolute Gasteiger partial charge is 0.481 e. The number of thiazole rings is 1. The lowest BCUT2D eigenvalue weighted by atomic mass is 9.80. The number of hydrogen-bond donors (Lipinski definition) is 6. The Morgan fingerprint density at radius 1 is 0.395 bits per heavy atom. The van der Waals surface area contributed by atoms with Crippen molar-refractivity contribution in [3.05, 3.63) is 516 Å². The van der Waals surface area contributed by atoms with Gasteiger partial charge < -0.3 is 30.1 Å². The molecule has 0 amide bonds. The summed E-state index contributed by atoms with van der Waals surface area (Å²) in [5.41, 5.74) is 18.5. The van der Waals surface area contributed by atoms with Crippen LogP contribution >= 0.6 is 11.3 Å². The first kappa shape index (κ1) is 112. The van der Waals surface area contributed by atoms with Crippen LogP contribution in [0.25, 0.3) is 98.3 Å². The van der Waals surface area contributed by atoms with Crippen molar-refractivity contribution in [1.29, 1.82) is 0 Å². The van der Waals surface area contributed by atoms with Gasteiger partial charge in [0.2, 0.25) is 0 Å². The van der Waals surface area contributed by atoms with Gasteiger partial charge in [-0.3, -0.25) is 24.4 Å². The van der Waals surface area contributed by atoms with E-state index in [0.717, 1.165) is 72.9 Å². The first-order valence-electron chi connectivity index (χ1n) is 49.3. The monoisotopic (exact) mass is 1970 g/mol. The number of carboxylic acid groups (broad SMARTS) is 1. The fraction of sp³-hybridized carbons (Fsp3) is 0.175. The molecule has 12 heterocycles. The highest BCUT2D eigenvalue weighted by Gasteiger charge is 2.26. The van der Waals surface area contributed by atoms with Crippen molar-refractivity contribution in [2.45, 2.75) is 111 Å². The average molecular weight is 1970 g/mol. The minimum atomic E-state index is -0.799. The number of nitrogens with zero attached hydrogens (tertiary/aromatic N) is 12. The van der Waals surface area contributed by atoms with Crippen molar-refractivity contribution in [2.75, 3.05) is 19.6 Å². The molecule has 23 aromatic rings. The molecule has 2 aliphatic carbocycles. The molecular weight excluding hydrogens is 1830 g/mol. The SMILES string of the molecule is C.C.C1CCC2NCCCC2C1.C1CCNCC1.Cn1cc(-c2ccccc2)nn1.O=C(O)Cc1ccc(-c2ccccc2)cc1.c1c[nH]cn1.c1ccc(-c2ccccc2)cc1.c1ccc2[nH]ccc2c1.c1ccc2ccccc2c1.c1ccc2n[nH]nc2c1.c1ccc2ncccc2c1.c1ccc2occc2c1.c1ccc2scnc2c1.c1ccccc1.c1ccncc1.c1cnc2c(c1)CCCC2.c1cncnc1. The average Bonchev–Trinajstić information content (AvgIpc) is 1.84. The number of benzene rings is 13. The molecule has 4 aliphatic rings. The molecule has 2 saturated heterocycles. The predicted octanol–water partition coefficient (Wildman–Crippen LogP) is 30.3. The molecule has 3 fully saturated rings. The highest BCUT2D eigenvalue weighted by atomic mass is 32.1. The van der Waals surface area contributed by atoms with Crippen molar-refractivity contribution in [2.24, 2.45) is 13.0 Å². The van der Waals surface area contributed by atoms with Gasteiger partial charge in [-0.05, 0) is 224 Å². The normalized spacial score (nSPS) is 12.7. The lowest BCUT2D eigenvalue weighted by Crippen LogP contribution is -2.42. The van der Waals surface area contributed by atoms with Gasteiger partial charge in [0.1, 0.15) is 28.6 Å². The Kier molecular flexibility index (Phi) is 52.6. The molecule has 2 aliphatic heterocycles. The van der Waals surface area contributed by atoms with E-state index in [9.17, 15) is 4.79 Å². The number of nitrogens with one attached hydrogen (secondary N) is 5. The molecule has 748 valence electrons. The van der Waals surface area contributed by atoms with Gasteiger partial charge in [0.15, 0.2) is 0 Å². The maximum Gasteiger partial charge on any atom is 0.307 e. The molecule has 0 radical (unpaired) electrons. The Balaban J connectivity index is 0.000000162. The Hall–Kier alpha value is -17.0. The number of aromatic amines is 3. The number of imidazole rings is 1. The zero-order valence-corrected chi connectivity index (χ0v) is 82.9. The van der Waals surface area contributed by atoms with Crippen LogP contribution in [0.3, 0.4) is 0 Å². The number of fused-ring (bicyclic) bond motifs is 8. The summed E-state index contributed by atoms with van der Waals surface area (Å²) in [5, 5.41) is 40.0. The van der Waals surface area contributed by atoms with Crippen LogP contribution in [0, 0.1) is 5.92 Å². The molecule has 27 rings (SSSR count). The summed E-state index contributed by atoms with van der Waals surface area (Å²) < 4.78 is 8.08. The van der Waals surface area contributed by atoms with Gasteiger partial charge in [-0.25, -0.2) is 19.9 Å². The van der Waals surface area contributed by atoms with Gasteiger partial charge >= 0.3 is 5.97 Å². The van der Waals surface area contributed by atoms with Crippen LogP contribution in [-0.4, -0.2) is 112 Å². The van der Waals surface area contributed by atoms with E-state index in [1.807, 2.05) is 304 Å². The molecule has 20 nitrogen and oxygen atoms in total. The van der Waals surface area contributed by atoms with Crippen LogP contribution in [0.2, 0.25) is 0 Å². The third kappa shape index (κ3) is 43.4. The summed E-state index contributed by atoms with van der Waals surface area (Å²) in [6.07, 6.45) is 40.9. The molecule has 10 aromatic heterocycles. The standard InChI is InChI=1S/C14H12O2.C12H10.C10H8.C9H9N3.C9H17N.C9H11N.C9H7N.C8H7N.C8H6O.C7H5NS.C6H5N3.C6H6.C5H11N.C5H5N.C4H4N2.C3H4N2.2CH4/c15-14(16)10-11-6-8-13(9-7-11)12-4-2-1-3-5-12;1-3-7-11(8-4-1)12-9-5-2-6-10-12;1-2-6-10-8-4-3-7-9(10)5-1;1-12-7-9(10-11-12)8-5-3-2-4-6-8;3*1-2-6-9-8(4-1)5-3-7-10-9;2*1-2-4-8-7(3-1)5-6-9-8;1-2-4-7-6(3-1)8-5-9-7;1-2-4-6-5(3-1)7-9-8-6;3*1-2-4-6-5-3-1;1-2-5-4-6-3-1;1-2-5-3-4-1;;/h1-9H,10H2,(H,15,16);1-10H;1-8H;2-7H,1H3;8-10H,1-7H2;3,5,7H,1-2,4,6H2;1-7H;1-6,9H;1-6H;1-5H;1-4H,(H,7,8,9);1-6H;6H,1-5H2;1-5H;1-4H;1-3H,(H,4,5);2*1H4. The van der Waals surface area contributed by atoms with Crippen molar-refractivity contribution in [3.63, 3.8) is 0 Å². The molecule has 147 heavy (non-hydrogen) atoms. The zero-order chi connectivity index (χ0) is 100. The summed E-state index contributed by atoms with van der Waals surface area (Å²) in [4.78, 5) is 43.8. The summed E-state index contributed by atoms with van der Waals surface area (Å²) in [7, 11) is 1.86. The molecular formula is C126H135N17O3S. The Labute approximate surface area is 869 Å². The van der Waals surface area contributed by atoms with Gasteiger partial charge in [-0.2, -0.15) is 15.4 Å². The number of aliphatic carboxylic acids is 1. The fourth-order valence-electron chi connectivity index (χ4n) is 15.6. The molecule has 1 saturated carbocycles. The number of furan rings is 1. The van der Waals surface area contributed by atoms with Gasteiger partial charge in [-0.15, -0.1) is 16.4 Å². The molecule has 0 bridgehead atoms. The van der Waals surface area contributed by atoms with Crippen LogP contribution in [0.1, 0.15) is 102 Å². The number of aryl methyl sites for hydroxylation is 3. The van der Waals surface area contributed by atoms with Crippen molar-refractivity contribution in [3.8, 4) is 33.5 Å². The second-order valence-electron chi connectivity index (χ2n) is 33.4. The number of carboxylic acids is 1. The number of piperidine rings is 2. The number of pyridine rings is 3. The topological polar surface area (TPSA) is 269 Å². The summed E-state index contributed by atoms with van der Waals surface area (Å²) in [6, 6.07) is 138. The minimum Gasteiger partial charge on any atom is -0.481 e. The molecule has 6 N–H and O–H groups in total. The third-order valence-electron chi connectivity index (χ3n) is 22.9. The first-order valence-corrected chi connectivity index (χ1v) is 50.1. The van der Waals surface area contributed by atoms with Crippen LogP contribution < -0.4 is 10.6 Å². The molecule has 2 unspecified atom stereocenters. The predicted molar refractivity (Wildman–Crippen MR) is 611 cm³/mol. The third-order valence-corrected chi connectivity index (χ3v) is 23.7. The summed E-state index contributed by atoms with van der Waals surface area (Å²) in [6.45, 7) is 3.78. The Bertz CT molecular complexity index is 6350. The van der Waals surface area contributed by atoms with E-state index < -0.39 is 5.97 Å². The summed E-state index contributed by atoms with van der Waals surface area (Å²) in [5.74, 6) is 0.245. The Morgan fingerprint density at radius 2 is 0.898 bits per heavy atom. The number of carbonyl (C=O) groups is 1. The van der Waals surface area contributed by atoms with Crippen molar-refractivity contribution in [1.82, 2.24) is 85.9 Å². The van der Waals surface area contributed by atoms with Crippen LogP contribution in [0.4, 0.5) is 0 Å². The first-order chi connectivity index (χ1) is 71.8. The van der Waals surface area contributed by atoms with E-state index in [1.54, 1.807) is 71.9 Å². The van der Waals surface area contributed by atoms with E-state index in [2.05, 4.69) is 221 Å². The van der Waals surface area contributed by atoms with E-state index in [1.165, 1.54) is 164 Å². The molecule has 2 atom stereocenters. The molecule has 13 aromatic carbocycles. The van der Waals surface area contributed by atoms with E-state index in [4.69, 9.17) is 9.52 Å². The number of hydrogen-bond acceptors (Lipinski definition) is 16. The number of aromatic nitrogens is 15. The fourth-order valence-corrected chi connectivity index (χ4v) is 16.3. The minimum absolute atomic E-state index is 0. The second-order valence-corrected chi connectivity index (χ2v) is 34.3. The van der Waals surface area contributed by atoms with Gasteiger partial charge in [-0.1, -0.05) is 367 Å². The lowest BCUT2D eigenvalue weighted by Gasteiger charge is -2.36. The highest BCUT2D eigenvalue weighted by molar-refractivity contribution is 7.16. The maximum atomic E-state index is 10.5. The van der Waals surface area contributed by atoms with Gasteiger partial charge in [0.05, 0.1) is 46.5 Å². The van der Waals surface area contributed by atoms with Crippen molar-refractivity contribution < 1.29 is 14.3 Å². The van der Waals surface area contributed by atoms with Crippen LogP contribution in [0.5, 0.6) is 0 Å². The molecule has 21 heteroatoms. The quantitative estimate of drug-likeness (QED) is 0.0935. The number of para-hydroxylation sites is 6. The van der Waals surface area contributed by atoms with Gasteiger partial charge in [0.25, 0.3) is 0 Å². The second kappa shape index (κ2) is 69.0. The number of H-pyrrole nitrogens is 3. The Morgan fingerprint density at radius 3 is 1.39 bits per heavy atom. The summed E-state index contributed by atoms with van der Waals surface area (Å²) >= 11 is 1.68. The number of rotatable bonds is 5. The molecule has 0 spiro atoms. The van der Waals surface area contributed by atoms with E-state index in [-0.39, 0.29) is 21.3 Å². The zero-order valence-electron chi connectivity index (χ0n) is 82.1.